The van der Waals surface area contributed by atoms with Gasteiger partial charge in [0.05, 0.1) is 21.9 Å². The zero-order valence-corrected chi connectivity index (χ0v) is 46.8. The summed E-state index contributed by atoms with van der Waals surface area (Å²) < 4.78 is 9.71. The highest BCUT2D eigenvalue weighted by atomic mass is 16.5. The van der Waals surface area contributed by atoms with Crippen LogP contribution in [-0.2, 0) is 10.8 Å². The molecule has 3 heteroatoms. The van der Waals surface area contributed by atoms with Crippen molar-refractivity contribution >= 4 is 38.9 Å². The van der Waals surface area contributed by atoms with Crippen LogP contribution in [0.1, 0.15) is 132 Å². The van der Waals surface area contributed by atoms with Gasteiger partial charge in [-0.05, 0) is 171 Å². The van der Waals surface area contributed by atoms with E-state index >= 15 is 0 Å². The van der Waals surface area contributed by atoms with Gasteiger partial charge in [0.25, 0.3) is 0 Å². The maximum absolute atomic E-state index is 7.25. The Hall–Kier alpha value is -9.18. The van der Waals surface area contributed by atoms with Crippen LogP contribution in [0.2, 0.25) is 0 Å². The van der Waals surface area contributed by atoms with E-state index in [9.17, 15) is 0 Å². The summed E-state index contributed by atoms with van der Waals surface area (Å²) in [4.78, 5) is 2.57. The van der Waals surface area contributed by atoms with E-state index in [1.54, 1.807) is 0 Å². The molecule has 400 valence electrons. The van der Waals surface area contributed by atoms with Crippen molar-refractivity contribution in [2.75, 3.05) is 4.90 Å². The number of rotatable bonds is 8. The fourth-order valence-electron chi connectivity index (χ4n) is 16.5. The molecule has 0 bridgehead atoms. The summed E-state index contributed by atoms with van der Waals surface area (Å²) in [7, 11) is 0. The number of benzene rings is 11. The normalized spacial score (nSPS) is 16.4. The van der Waals surface area contributed by atoms with Crippen LogP contribution in [0.5, 0.6) is 11.5 Å². The Morgan fingerprint density at radius 3 is 1.31 bits per heavy atom. The van der Waals surface area contributed by atoms with E-state index in [0.29, 0.717) is 11.8 Å². The molecule has 1 aliphatic heterocycles. The van der Waals surface area contributed by atoms with Crippen molar-refractivity contribution in [1.82, 2.24) is 4.57 Å². The molecule has 1 aromatic heterocycles. The van der Waals surface area contributed by atoms with Crippen LogP contribution in [0.25, 0.3) is 49.7 Å². The number of hydrogen-bond acceptors (Lipinski definition) is 2. The van der Waals surface area contributed by atoms with E-state index in [-0.39, 0.29) is 0 Å². The minimum atomic E-state index is -0.647. The van der Waals surface area contributed by atoms with Gasteiger partial charge >= 0.3 is 0 Å². The molecule has 83 heavy (non-hydrogen) atoms. The van der Waals surface area contributed by atoms with Crippen LogP contribution in [0.4, 0.5) is 17.1 Å². The largest absolute Gasteiger partial charge is 0.457 e. The SMILES string of the molecule is c1ccc(C2(c3ccccc3)c3ccccc3-c3ccc(N(c4cccc(-n5c6ccccc6c6ccccc65)c4)c4ccc5c(c4)C4(c6cc(C7CCCCC7)ccc6Oc6ccc(C7CCCCC7)cc64)c4ccccc4-5)cc32)cc1. The van der Waals surface area contributed by atoms with E-state index in [0.717, 1.165) is 34.2 Å². The lowest BCUT2D eigenvalue weighted by molar-refractivity contribution is 0.424. The lowest BCUT2D eigenvalue weighted by Gasteiger charge is -2.41. The van der Waals surface area contributed by atoms with Crippen molar-refractivity contribution in [3.8, 4) is 39.4 Å². The summed E-state index contributed by atoms with van der Waals surface area (Å²) in [6, 6.07) is 97.3. The molecule has 0 unspecified atom stereocenters. The topological polar surface area (TPSA) is 17.4 Å². The average molecular weight is 1070 g/mol. The second-order valence-corrected chi connectivity index (χ2v) is 24.3. The molecule has 0 saturated heterocycles. The molecule has 2 heterocycles. The molecule has 0 atom stereocenters. The van der Waals surface area contributed by atoms with Crippen LogP contribution in [-0.4, -0.2) is 4.57 Å². The molecule has 0 radical (unpaired) electrons. The van der Waals surface area contributed by atoms with Gasteiger partial charge < -0.3 is 14.2 Å². The van der Waals surface area contributed by atoms with Crippen molar-refractivity contribution in [1.29, 1.82) is 0 Å². The molecule has 1 spiro atoms. The minimum Gasteiger partial charge on any atom is -0.457 e. The van der Waals surface area contributed by atoms with Crippen molar-refractivity contribution in [2.45, 2.75) is 86.9 Å². The summed E-state index contributed by atoms with van der Waals surface area (Å²) in [6.45, 7) is 0. The summed E-state index contributed by atoms with van der Waals surface area (Å²) >= 11 is 0. The monoisotopic (exact) mass is 1070 g/mol. The van der Waals surface area contributed by atoms with E-state index < -0.39 is 10.8 Å². The Balaban J connectivity index is 0.944. The summed E-state index contributed by atoms with van der Waals surface area (Å²) in [5.74, 6) is 2.99. The van der Waals surface area contributed by atoms with E-state index in [2.05, 4.69) is 264 Å². The predicted octanol–water partition coefficient (Wildman–Crippen LogP) is 21.2. The van der Waals surface area contributed by atoms with E-state index in [1.165, 1.54) is 164 Å². The third-order valence-corrected chi connectivity index (χ3v) is 20.1. The van der Waals surface area contributed by atoms with Gasteiger partial charge in [-0.2, -0.15) is 0 Å². The highest BCUT2D eigenvalue weighted by Crippen LogP contribution is 2.64. The molecule has 0 amide bonds. The van der Waals surface area contributed by atoms with Gasteiger partial charge in [0.1, 0.15) is 11.5 Å². The number of aromatic nitrogens is 1. The smallest absolute Gasteiger partial charge is 0.132 e. The lowest BCUT2D eigenvalue weighted by Crippen LogP contribution is -2.33. The maximum Gasteiger partial charge on any atom is 0.132 e. The zero-order chi connectivity index (χ0) is 54.6. The van der Waals surface area contributed by atoms with Crippen LogP contribution in [0.3, 0.4) is 0 Å². The highest BCUT2D eigenvalue weighted by Gasteiger charge is 2.52. The first-order valence-electron chi connectivity index (χ1n) is 30.6. The number of anilines is 3. The minimum absolute atomic E-state index is 0.533. The van der Waals surface area contributed by atoms with Gasteiger partial charge in [0.2, 0.25) is 0 Å². The van der Waals surface area contributed by atoms with E-state index in [4.69, 9.17) is 4.74 Å². The number of fused-ring (bicyclic) bond motifs is 15. The standard InChI is InChI=1S/C80H64N2O/c1-5-22-53(23-6-1)55-40-46-77-73(48-55)80(74-49-56(41-47-78(74)83-77)54-24-7-2-8-25-54)70-37-18-14-33-64(70)66-45-43-62(52-72(66)80)81(59-30-21-31-60(50-59)82-75-38-19-15-34-67(75)68-35-16-20-39-76(68)82)61-42-44-65-63-32-13-17-36-69(63)79(71(65)51-61,57-26-9-3-10-27-57)58-28-11-4-12-29-58/h3-4,9-21,26-54H,1-2,5-8,22-25H2. The van der Waals surface area contributed by atoms with Crippen molar-refractivity contribution in [2.24, 2.45) is 0 Å². The Labute approximate surface area is 487 Å². The Bertz CT molecular complexity index is 4360. The number of para-hydroxylation sites is 2. The van der Waals surface area contributed by atoms with Crippen molar-refractivity contribution < 1.29 is 4.74 Å². The molecule has 2 fully saturated rings. The second kappa shape index (κ2) is 19.2. The summed E-state index contributed by atoms with van der Waals surface area (Å²) in [5.41, 5.74) is 23.8. The van der Waals surface area contributed by atoms with Gasteiger partial charge in [0, 0.05) is 44.6 Å². The lowest BCUT2D eigenvalue weighted by atomic mass is 9.64. The first-order valence-corrected chi connectivity index (χ1v) is 30.6. The van der Waals surface area contributed by atoms with Crippen molar-refractivity contribution in [3.05, 3.63) is 310 Å². The van der Waals surface area contributed by atoms with Gasteiger partial charge in [-0.1, -0.05) is 227 Å². The molecule has 2 saturated carbocycles. The van der Waals surface area contributed by atoms with Crippen LogP contribution >= 0.6 is 0 Å². The first-order chi connectivity index (χ1) is 41.2. The summed E-state index contributed by atoms with van der Waals surface area (Å²) in [6.07, 6.45) is 12.7. The maximum atomic E-state index is 7.25. The third-order valence-electron chi connectivity index (χ3n) is 20.1. The fourth-order valence-corrected chi connectivity index (χ4v) is 16.5. The molecular formula is C80H64N2O. The quantitative estimate of drug-likeness (QED) is 0.151. The number of ether oxygens (including phenoxy) is 1. The van der Waals surface area contributed by atoms with Crippen LogP contribution < -0.4 is 9.64 Å². The average Bonchev–Trinajstić information content (AvgIpc) is 1.70. The predicted molar refractivity (Wildman–Crippen MR) is 342 cm³/mol. The Morgan fingerprint density at radius 1 is 0.325 bits per heavy atom. The number of nitrogens with zero attached hydrogens (tertiary/aromatic N) is 2. The molecular weight excluding hydrogens is 1000 g/mol. The third kappa shape index (κ3) is 7.23. The van der Waals surface area contributed by atoms with Crippen molar-refractivity contribution in [3.63, 3.8) is 0 Å². The molecule has 0 N–H and O–H groups in total. The Morgan fingerprint density at radius 2 is 0.771 bits per heavy atom. The molecule has 5 aliphatic rings. The second-order valence-electron chi connectivity index (χ2n) is 24.3. The number of hydrogen-bond donors (Lipinski definition) is 0. The fraction of sp³-hybridized carbons (Fsp3) is 0.175. The van der Waals surface area contributed by atoms with E-state index in [1.807, 2.05) is 0 Å². The highest BCUT2D eigenvalue weighted by molar-refractivity contribution is 6.09. The molecule has 17 rings (SSSR count). The zero-order valence-electron chi connectivity index (χ0n) is 46.8. The molecule has 4 aliphatic carbocycles. The first kappa shape index (κ1) is 48.5. The summed E-state index contributed by atoms with van der Waals surface area (Å²) in [5, 5.41) is 2.50. The molecule has 3 nitrogen and oxygen atoms in total. The van der Waals surface area contributed by atoms with Gasteiger partial charge in [-0.3, -0.25) is 0 Å². The van der Waals surface area contributed by atoms with Crippen LogP contribution in [0.15, 0.2) is 255 Å². The Kier molecular flexibility index (Phi) is 11.2. The van der Waals surface area contributed by atoms with Gasteiger partial charge in [-0.25, -0.2) is 0 Å². The van der Waals surface area contributed by atoms with Crippen LogP contribution in [0, 0.1) is 0 Å². The molecule has 12 aromatic rings. The van der Waals surface area contributed by atoms with Gasteiger partial charge in [-0.15, -0.1) is 0 Å². The van der Waals surface area contributed by atoms with Gasteiger partial charge in [0.15, 0.2) is 0 Å². The molecule has 11 aromatic carbocycles.